The van der Waals surface area contributed by atoms with Crippen molar-refractivity contribution in [3.05, 3.63) is 23.8 Å². The van der Waals surface area contributed by atoms with E-state index in [0.717, 1.165) is 0 Å². The Bertz CT molecular complexity index is 843. The van der Waals surface area contributed by atoms with Crippen molar-refractivity contribution < 1.29 is 28.6 Å². The van der Waals surface area contributed by atoms with Crippen LogP contribution in [0.15, 0.2) is 18.2 Å². The SMILES string of the molecule is COc1cc(OC)cc(C(=O)N2CCN(C(=O)C3CCN(C(=O)OC(C)(C)C)CC3)CC2)c1. The highest BCUT2D eigenvalue weighted by Crippen LogP contribution is 2.25. The number of methoxy groups -OCH3 is 2. The van der Waals surface area contributed by atoms with Gasteiger partial charge in [0.25, 0.3) is 5.91 Å². The maximum absolute atomic E-state index is 13.0. The maximum Gasteiger partial charge on any atom is 0.410 e. The van der Waals surface area contributed by atoms with Gasteiger partial charge in [-0.05, 0) is 45.7 Å². The Kier molecular flexibility index (Phi) is 7.71. The van der Waals surface area contributed by atoms with Crippen molar-refractivity contribution in [3.63, 3.8) is 0 Å². The number of likely N-dealkylation sites (tertiary alicyclic amines) is 1. The predicted octanol–water partition coefficient (Wildman–Crippen LogP) is 2.64. The molecule has 0 saturated carbocycles. The monoisotopic (exact) mass is 461 g/mol. The number of carbonyl (C=O) groups is 3. The zero-order valence-corrected chi connectivity index (χ0v) is 20.3. The quantitative estimate of drug-likeness (QED) is 0.685. The van der Waals surface area contributed by atoms with Crippen molar-refractivity contribution in [2.24, 2.45) is 5.92 Å². The molecule has 2 fully saturated rings. The topological polar surface area (TPSA) is 88.6 Å². The first-order valence-corrected chi connectivity index (χ1v) is 11.4. The lowest BCUT2D eigenvalue weighted by Crippen LogP contribution is -2.53. The van der Waals surface area contributed by atoms with Crippen molar-refractivity contribution in [1.29, 1.82) is 0 Å². The summed E-state index contributed by atoms with van der Waals surface area (Å²) in [5, 5.41) is 0. The number of amides is 3. The Morgan fingerprint density at radius 2 is 1.30 bits per heavy atom. The van der Waals surface area contributed by atoms with E-state index in [1.54, 1.807) is 42.2 Å². The summed E-state index contributed by atoms with van der Waals surface area (Å²) in [7, 11) is 3.09. The molecule has 9 nitrogen and oxygen atoms in total. The molecule has 0 spiro atoms. The number of carbonyl (C=O) groups excluding carboxylic acids is 3. The van der Waals surface area contributed by atoms with E-state index in [-0.39, 0.29) is 23.8 Å². The zero-order chi connectivity index (χ0) is 24.2. The third-order valence-electron chi connectivity index (χ3n) is 5.97. The summed E-state index contributed by atoms with van der Waals surface area (Å²) in [6.07, 6.45) is 0.927. The summed E-state index contributed by atoms with van der Waals surface area (Å²) in [5.41, 5.74) is -0.0304. The molecule has 0 atom stereocenters. The predicted molar refractivity (Wildman–Crippen MR) is 123 cm³/mol. The highest BCUT2D eigenvalue weighted by Gasteiger charge is 2.34. The van der Waals surface area contributed by atoms with Gasteiger partial charge in [-0.3, -0.25) is 9.59 Å². The van der Waals surface area contributed by atoms with Crippen molar-refractivity contribution in [1.82, 2.24) is 14.7 Å². The molecule has 1 aromatic rings. The van der Waals surface area contributed by atoms with Crippen LogP contribution in [0.4, 0.5) is 4.79 Å². The van der Waals surface area contributed by atoms with E-state index in [1.807, 2.05) is 25.7 Å². The largest absolute Gasteiger partial charge is 0.497 e. The van der Waals surface area contributed by atoms with Crippen LogP contribution in [0.5, 0.6) is 11.5 Å². The van der Waals surface area contributed by atoms with Gasteiger partial charge in [0.05, 0.1) is 14.2 Å². The summed E-state index contributed by atoms with van der Waals surface area (Å²) in [6, 6.07) is 5.11. The van der Waals surface area contributed by atoms with Crippen LogP contribution in [0.2, 0.25) is 0 Å². The van der Waals surface area contributed by atoms with Crippen molar-refractivity contribution in [2.45, 2.75) is 39.2 Å². The van der Waals surface area contributed by atoms with E-state index in [4.69, 9.17) is 14.2 Å². The number of ether oxygens (including phenoxy) is 3. The second kappa shape index (κ2) is 10.3. The number of benzene rings is 1. The number of hydrogen-bond donors (Lipinski definition) is 0. The molecule has 0 aliphatic carbocycles. The molecule has 33 heavy (non-hydrogen) atoms. The van der Waals surface area contributed by atoms with Gasteiger partial charge in [-0.1, -0.05) is 0 Å². The molecular weight excluding hydrogens is 426 g/mol. The molecule has 0 radical (unpaired) electrons. The minimum absolute atomic E-state index is 0.103. The van der Waals surface area contributed by atoms with Gasteiger partial charge in [-0.25, -0.2) is 4.79 Å². The molecule has 3 amide bonds. The van der Waals surface area contributed by atoms with E-state index in [0.29, 0.717) is 69.2 Å². The van der Waals surface area contributed by atoms with Gasteiger partial charge in [0.1, 0.15) is 17.1 Å². The van der Waals surface area contributed by atoms with Gasteiger partial charge in [0.15, 0.2) is 0 Å². The summed E-state index contributed by atoms with van der Waals surface area (Å²) < 4.78 is 15.9. The van der Waals surface area contributed by atoms with E-state index in [9.17, 15) is 14.4 Å². The number of hydrogen-bond acceptors (Lipinski definition) is 6. The number of rotatable bonds is 4. The van der Waals surface area contributed by atoms with Crippen LogP contribution in [-0.4, -0.2) is 91.7 Å². The summed E-state index contributed by atoms with van der Waals surface area (Å²) in [6.45, 7) is 8.50. The van der Waals surface area contributed by atoms with Gasteiger partial charge in [-0.2, -0.15) is 0 Å². The molecule has 0 aromatic heterocycles. The summed E-state index contributed by atoms with van der Waals surface area (Å²) >= 11 is 0. The molecule has 2 heterocycles. The molecule has 9 heteroatoms. The van der Waals surface area contributed by atoms with Crippen LogP contribution in [0.25, 0.3) is 0 Å². The summed E-state index contributed by atoms with van der Waals surface area (Å²) in [4.78, 5) is 43.5. The normalized spacial score (nSPS) is 17.5. The number of piperidine rings is 1. The van der Waals surface area contributed by atoms with Crippen molar-refractivity contribution >= 4 is 17.9 Å². The molecule has 182 valence electrons. The van der Waals surface area contributed by atoms with E-state index in [1.165, 1.54) is 0 Å². The zero-order valence-electron chi connectivity index (χ0n) is 20.3. The van der Waals surface area contributed by atoms with Crippen LogP contribution < -0.4 is 9.47 Å². The van der Waals surface area contributed by atoms with Crippen LogP contribution in [-0.2, 0) is 9.53 Å². The van der Waals surface area contributed by atoms with E-state index in [2.05, 4.69) is 0 Å². The van der Waals surface area contributed by atoms with Crippen LogP contribution in [0.1, 0.15) is 44.0 Å². The molecular formula is C24H35N3O6. The Hall–Kier alpha value is -2.97. The first kappa shape index (κ1) is 24.7. The van der Waals surface area contributed by atoms with Crippen molar-refractivity contribution in [2.75, 3.05) is 53.5 Å². The molecule has 2 aliphatic heterocycles. The molecule has 0 bridgehead atoms. The van der Waals surface area contributed by atoms with E-state index >= 15 is 0 Å². The Morgan fingerprint density at radius 3 is 1.79 bits per heavy atom. The molecule has 0 N–H and O–H groups in total. The van der Waals surface area contributed by atoms with Gasteiger partial charge in [0, 0.05) is 56.8 Å². The van der Waals surface area contributed by atoms with Crippen LogP contribution in [0.3, 0.4) is 0 Å². The lowest BCUT2D eigenvalue weighted by Gasteiger charge is -2.38. The highest BCUT2D eigenvalue weighted by molar-refractivity contribution is 5.95. The van der Waals surface area contributed by atoms with Gasteiger partial charge in [-0.15, -0.1) is 0 Å². The highest BCUT2D eigenvalue weighted by atomic mass is 16.6. The molecule has 2 aliphatic rings. The first-order valence-electron chi connectivity index (χ1n) is 11.4. The lowest BCUT2D eigenvalue weighted by atomic mass is 9.95. The fraction of sp³-hybridized carbons (Fsp3) is 0.625. The molecule has 1 aromatic carbocycles. The minimum Gasteiger partial charge on any atom is -0.497 e. The lowest BCUT2D eigenvalue weighted by molar-refractivity contribution is -0.138. The third-order valence-corrected chi connectivity index (χ3v) is 5.97. The van der Waals surface area contributed by atoms with E-state index < -0.39 is 5.60 Å². The van der Waals surface area contributed by atoms with Crippen LogP contribution >= 0.6 is 0 Å². The van der Waals surface area contributed by atoms with Crippen molar-refractivity contribution in [3.8, 4) is 11.5 Å². The average molecular weight is 462 g/mol. The second-order valence-electron chi connectivity index (χ2n) is 9.46. The Morgan fingerprint density at radius 1 is 0.788 bits per heavy atom. The molecule has 0 unspecified atom stereocenters. The maximum atomic E-state index is 13.0. The second-order valence-corrected chi connectivity index (χ2v) is 9.46. The number of piperazine rings is 1. The Balaban J connectivity index is 1.51. The molecule has 2 saturated heterocycles. The van der Waals surface area contributed by atoms with Gasteiger partial charge in [0.2, 0.25) is 5.91 Å². The first-order chi connectivity index (χ1) is 15.6. The fourth-order valence-electron chi connectivity index (χ4n) is 4.14. The van der Waals surface area contributed by atoms with Crippen LogP contribution in [0, 0.1) is 5.92 Å². The van der Waals surface area contributed by atoms with Gasteiger partial charge < -0.3 is 28.9 Å². The average Bonchev–Trinajstić information content (AvgIpc) is 2.81. The summed E-state index contributed by atoms with van der Waals surface area (Å²) in [5.74, 6) is 1.01. The Labute approximate surface area is 195 Å². The number of nitrogens with zero attached hydrogens (tertiary/aromatic N) is 3. The standard InChI is InChI=1S/C24H35N3O6/c1-24(2,3)33-23(30)27-8-6-17(7-9-27)21(28)25-10-12-26(13-11-25)22(29)18-14-19(31-4)16-20(15-18)32-5/h14-17H,6-13H2,1-5H3. The minimum atomic E-state index is -0.531. The smallest absolute Gasteiger partial charge is 0.410 e. The van der Waals surface area contributed by atoms with Gasteiger partial charge >= 0.3 is 6.09 Å². The third kappa shape index (κ3) is 6.30. The molecule has 3 rings (SSSR count). The fourth-order valence-corrected chi connectivity index (χ4v) is 4.14.